The summed E-state index contributed by atoms with van der Waals surface area (Å²) in [5.41, 5.74) is 0. The van der Waals surface area contributed by atoms with Crippen molar-refractivity contribution >= 4 is 17.9 Å². The second kappa shape index (κ2) is 48.8. The topological polar surface area (TPSA) is 78.9 Å². The van der Waals surface area contributed by atoms with Gasteiger partial charge in [0.2, 0.25) is 0 Å². The van der Waals surface area contributed by atoms with Crippen molar-refractivity contribution in [1.29, 1.82) is 0 Å². The second-order valence-corrected chi connectivity index (χ2v) is 17.8. The molecular weight excluding hydrogens is 733 g/mol. The molecule has 348 valence electrons. The summed E-state index contributed by atoms with van der Waals surface area (Å²) < 4.78 is 16.8. The Balaban J connectivity index is 4.30. The second-order valence-electron chi connectivity index (χ2n) is 17.8. The van der Waals surface area contributed by atoms with E-state index in [0.29, 0.717) is 19.3 Å². The number of esters is 3. The highest BCUT2D eigenvalue weighted by molar-refractivity contribution is 5.71. The van der Waals surface area contributed by atoms with Crippen molar-refractivity contribution in [3.8, 4) is 0 Å². The summed E-state index contributed by atoms with van der Waals surface area (Å²) in [6, 6.07) is 0. The van der Waals surface area contributed by atoms with Gasteiger partial charge in [0.25, 0.3) is 0 Å². The van der Waals surface area contributed by atoms with Crippen molar-refractivity contribution in [2.24, 2.45) is 0 Å². The van der Waals surface area contributed by atoms with E-state index in [1.165, 1.54) is 193 Å². The molecule has 0 aromatic carbocycles. The average molecular weight is 833 g/mol. The van der Waals surface area contributed by atoms with Crippen LogP contribution in [0.25, 0.3) is 0 Å². The van der Waals surface area contributed by atoms with Crippen LogP contribution in [0, 0.1) is 0 Å². The van der Waals surface area contributed by atoms with Crippen LogP contribution >= 0.6 is 0 Å². The third-order valence-electron chi connectivity index (χ3n) is 11.8. The molecule has 0 unspecified atom stereocenters. The van der Waals surface area contributed by atoms with Crippen LogP contribution in [0.3, 0.4) is 0 Å². The standard InChI is InChI=1S/C53H100O6/c1-4-7-10-13-16-19-22-24-26-28-31-33-36-39-42-45-51(54)57-48-50(59-53(56)47-44-41-38-35-30-21-18-15-12-9-6-3)49-58-52(55)46-43-40-37-34-32-29-27-25-23-20-17-14-11-8-5-2/h19,22,50H,4-18,20-21,23-49H2,1-3H3/b22-19-/t50-/m0/s1. The molecule has 0 aliphatic heterocycles. The summed E-state index contributed by atoms with van der Waals surface area (Å²) in [4.78, 5) is 37.9. The number of hydrogen-bond donors (Lipinski definition) is 0. The van der Waals surface area contributed by atoms with Crippen molar-refractivity contribution < 1.29 is 28.6 Å². The molecule has 0 aliphatic carbocycles. The van der Waals surface area contributed by atoms with Gasteiger partial charge in [0.1, 0.15) is 13.2 Å². The molecule has 1 atom stereocenters. The molecular formula is C53H100O6. The van der Waals surface area contributed by atoms with E-state index in [2.05, 4.69) is 32.9 Å². The number of unbranched alkanes of at least 4 members (excludes halogenated alkanes) is 35. The van der Waals surface area contributed by atoms with Gasteiger partial charge in [-0.1, -0.05) is 238 Å². The minimum Gasteiger partial charge on any atom is -0.462 e. The van der Waals surface area contributed by atoms with Crippen LogP contribution in [0.5, 0.6) is 0 Å². The van der Waals surface area contributed by atoms with Crippen LogP contribution in [0.4, 0.5) is 0 Å². The van der Waals surface area contributed by atoms with Crippen LogP contribution in [-0.4, -0.2) is 37.2 Å². The highest BCUT2D eigenvalue weighted by atomic mass is 16.6. The summed E-state index contributed by atoms with van der Waals surface area (Å²) in [5.74, 6) is -0.854. The Labute approximate surface area is 367 Å². The quantitative estimate of drug-likeness (QED) is 0.0263. The third-order valence-corrected chi connectivity index (χ3v) is 11.8. The average Bonchev–Trinajstić information content (AvgIpc) is 3.23. The highest BCUT2D eigenvalue weighted by Gasteiger charge is 2.19. The largest absolute Gasteiger partial charge is 0.462 e. The van der Waals surface area contributed by atoms with Gasteiger partial charge < -0.3 is 14.2 Å². The lowest BCUT2D eigenvalue weighted by atomic mass is 10.0. The fourth-order valence-electron chi connectivity index (χ4n) is 7.79. The first-order valence-corrected chi connectivity index (χ1v) is 26.2. The fraction of sp³-hybridized carbons (Fsp3) is 0.906. The van der Waals surface area contributed by atoms with Gasteiger partial charge >= 0.3 is 17.9 Å². The molecule has 0 heterocycles. The minimum absolute atomic E-state index is 0.0659. The van der Waals surface area contributed by atoms with Crippen molar-refractivity contribution in [3.05, 3.63) is 12.2 Å². The Kier molecular flexibility index (Phi) is 47.3. The summed E-state index contributed by atoms with van der Waals surface area (Å²) in [6.07, 6.45) is 53.3. The van der Waals surface area contributed by atoms with Crippen LogP contribution in [-0.2, 0) is 28.6 Å². The van der Waals surface area contributed by atoms with E-state index in [1.54, 1.807) is 0 Å². The molecule has 0 spiro atoms. The Hall–Kier alpha value is -1.85. The number of carbonyl (C=O) groups is 3. The summed E-state index contributed by atoms with van der Waals surface area (Å²) in [7, 11) is 0. The van der Waals surface area contributed by atoms with E-state index in [0.717, 1.165) is 57.8 Å². The Morgan fingerprint density at radius 3 is 0.864 bits per heavy atom. The van der Waals surface area contributed by atoms with Gasteiger partial charge in [0.05, 0.1) is 0 Å². The van der Waals surface area contributed by atoms with E-state index in [9.17, 15) is 14.4 Å². The minimum atomic E-state index is -0.764. The molecule has 0 radical (unpaired) electrons. The molecule has 0 fully saturated rings. The number of allylic oxidation sites excluding steroid dienone is 2. The van der Waals surface area contributed by atoms with Crippen molar-refractivity contribution in [1.82, 2.24) is 0 Å². The van der Waals surface area contributed by atoms with Gasteiger partial charge in [-0.3, -0.25) is 14.4 Å². The van der Waals surface area contributed by atoms with E-state index >= 15 is 0 Å². The zero-order valence-electron chi connectivity index (χ0n) is 39.8. The predicted octanol–water partition coefficient (Wildman–Crippen LogP) is 17.0. The van der Waals surface area contributed by atoms with Gasteiger partial charge in [0.15, 0.2) is 6.10 Å². The monoisotopic (exact) mass is 833 g/mol. The SMILES string of the molecule is CCCCCC/C=C\CCCCCCCCCC(=O)OC[C@@H](COC(=O)CCCCCCCCCCCCCCCCC)OC(=O)CCCCCCCCCCCCC. The van der Waals surface area contributed by atoms with E-state index < -0.39 is 6.10 Å². The van der Waals surface area contributed by atoms with Crippen LogP contribution in [0.2, 0.25) is 0 Å². The maximum atomic E-state index is 12.8. The van der Waals surface area contributed by atoms with Gasteiger partial charge in [-0.2, -0.15) is 0 Å². The predicted molar refractivity (Wildman–Crippen MR) is 252 cm³/mol. The van der Waals surface area contributed by atoms with Crippen molar-refractivity contribution in [2.75, 3.05) is 13.2 Å². The molecule has 0 bridgehead atoms. The number of ether oxygens (including phenoxy) is 3. The van der Waals surface area contributed by atoms with Crippen LogP contribution in [0.1, 0.15) is 290 Å². The summed E-state index contributed by atoms with van der Waals surface area (Å²) >= 11 is 0. The lowest BCUT2D eigenvalue weighted by Gasteiger charge is -2.18. The molecule has 0 amide bonds. The van der Waals surface area contributed by atoms with Gasteiger partial charge in [-0.05, 0) is 44.9 Å². The first-order valence-electron chi connectivity index (χ1n) is 26.2. The third kappa shape index (κ3) is 47.1. The zero-order chi connectivity index (χ0) is 43.0. The van der Waals surface area contributed by atoms with Gasteiger partial charge in [-0.15, -0.1) is 0 Å². The summed E-state index contributed by atoms with van der Waals surface area (Å²) in [5, 5.41) is 0. The first-order chi connectivity index (χ1) is 29.0. The molecule has 0 aromatic heterocycles. The molecule has 0 saturated carbocycles. The van der Waals surface area contributed by atoms with Crippen molar-refractivity contribution in [2.45, 2.75) is 297 Å². The normalized spacial score (nSPS) is 12.0. The number of carbonyl (C=O) groups excluding carboxylic acids is 3. The maximum Gasteiger partial charge on any atom is 0.306 e. The van der Waals surface area contributed by atoms with E-state index in [1.807, 2.05) is 0 Å². The molecule has 0 N–H and O–H groups in total. The maximum absolute atomic E-state index is 12.8. The van der Waals surface area contributed by atoms with E-state index in [4.69, 9.17) is 14.2 Å². The first kappa shape index (κ1) is 57.1. The van der Waals surface area contributed by atoms with Crippen LogP contribution < -0.4 is 0 Å². The lowest BCUT2D eigenvalue weighted by Crippen LogP contribution is -2.30. The molecule has 0 aliphatic rings. The molecule has 59 heavy (non-hydrogen) atoms. The molecule has 6 heteroatoms. The van der Waals surface area contributed by atoms with Crippen molar-refractivity contribution in [3.63, 3.8) is 0 Å². The number of hydrogen-bond acceptors (Lipinski definition) is 6. The molecule has 0 rings (SSSR count). The lowest BCUT2D eigenvalue weighted by molar-refractivity contribution is -0.167. The summed E-state index contributed by atoms with van der Waals surface area (Å²) in [6.45, 7) is 6.65. The highest BCUT2D eigenvalue weighted by Crippen LogP contribution is 2.16. The smallest absolute Gasteiger partial charge is 0.306 e. The fourth-order valence-corrected chi connectivity index (χ4v) is 7.79. The Morgan fingerprint density at radius 2 is 0.559 bits per heavy atom. The number of rotatable bonds is 48. The molecule has 0 saturated heterocycles. The Bertz CT molecular complexity index is 916. The Morgan fingerprint density at radius 1 is 0.322 bits per heavy atom. The molecule has 6 nitrogen and oxygen atoms in total. The van der Waals surface area contributed by atoms with Gasteiger partial charge in [0, 0.05) is 19.3 Å². The van der Waals surface area contributed by atoms with Crippen LogP contribution in [0.15, 0.2) is 12.2 Å². The van der Waals surface area contributed by atoms with Gasteiger partial charge in [-0.25, -0.2) is 0 Å². The van der Waals surface area contributed by atoms with E-state index in [-0.39, 0.29) is 31.1 Å². The zero-order valence-corrected chi connectivity index (χ0v) is 39.8. The molecule has 0 aromatic rings.